The Morgan fingerprint density at radius 2 is 2.06 bits per heavy atom. The summed E-state index contributed by atoms with van der Waals surface area (Å²) in [5, 5.41) is 0. The molecule has 0 unspecified atom stereocenters. The van der Waals surface area contributed by atoms with Gasteiger partial charge in [0.15, 0.2) is 0 Å². The van der Waals surface area contributed by atoms with Gasteiger partial charge in [-0.3, -0.25) is 4.31 Å². The van der Waals surface area contributed by atoms with Crippen LogP contribution in [-0.2, 0) is 16.6 Å². The van der Waals surface area contributed by atoms with Crippen molar-refractivity contribution in [2.75, 3.05) is 17.1 Å². The van der Waals surface area contributed by atoms with Crippen LogP contribution in [0, 0.1) is 5.82 Å². The van der Waals surface area contributed by atoms with Crippen molar-refractivity contribution in [3.05, 3.63) is 29.6 Å². The number of benzene rings is 1. The van der Waals surface area contributed by atoms with Crippen molar-refractivity contribution in [2.45, 2.75) is 13.5 Å². The summed E-state index contributed by atoms with van der Waals surface area (Å²) in [5.74, 6) is -0.512. The second kappa shape index (κ2) is 4.80. The maximum atomic E-state index is 13.4. The van der Waals surface area contributed by atoms with E-state index < -0.39 is 15.8 Å². The summed E-state index contributed by atoms with van der Waals surface area (Å²) in [6, 6.07) is 4.21. The molecule has 4 nitrogen and oxygen atoms in total. The lowest BCUT2D eigenvalue weighted by Crippen LogP contribution is -2.28. The van der Waals surface area contributed by atoms with Crippen LogP contribution in [0.2, 0.25) is 0 Å². The molecule has 0 radical (unpaired) electrons. The van der Waals surface area contributed by atoms with Crippen LogP contribution < -0.4 is 10.0 Å². The van der Waals surface area contributed by atoms with Crippen LogP contribution in [0.15, 0.2) is 18.2 Å². The average Bonchev–Trinajstić information content (AvgIpc) is 2.27. The first-order valence-corrected chi connectivity index (χ1v) is 6.48. The van der Waals surface area contributed by atoms with Crippen LogP contribution >= 0.6 is 0 Å². The highest BCUT2D eigenvalue weighted by Gasteiger charge is 2.16. The first-order valence-electron chi connectivity index (χ1n) is 4.87. The van der Waals surface area contributed by atoms with Gasteiger partial charge in [0.05, 0.1) is 11.4 Å². The van der Waals surface area contributed by atoms with Gasteiger partial charge in [-0.25, -0.2) is 12.8 Å². The molecule has 0 saturated heterocycles. The van der Waals surface area contributed by atoms with Gasteiger partial charge >= 0.3 is 0 Å². The average molecular weight is 246 g/mol. The fraction of sp³-hybridized carbons (Fsp3) is 0.400. The maximum absolute atomic E-state index is 13.4. The Morgan fingerprint density at radius 3 is 2.50 bits per heavy atom. The number of anilines is 1. The molecule has 2 N–H and O–H groups in total. The zero-order valence-corrected chi connectivity index (χ0v) is 10.1. The molecule has 0 aliphatic heterocycles. The number of hydrogen-bond acceptors (Lipinski definition) is 3. The van der Waals surface area contributed by atoms with Gasteiger partial charge in [0.2, 0.25) is 10.0 Å². The molecule has 16 heavy (non-hydrogen) atoms. The van der Waals surface area contributed by atoms with Crippen molar-refractivity contribution in [3.8, 4) is 0 Å². The zero-order chi connectivity index (χ0) is 12.3. The van der Waals surface area contributed by atoms with E-state index in [0.29, 0.717) is 11.3 Å². The summed E-state index contributed by atoms with van der Waals surface area (Å²) < 4.78 is 37.6. The van der Waals surface area contributed by atoms with Gasteiger partial charge in [-0.2, -0.15) is 0 Å². The number of hydrogen-bond donors (Lipinski definition) is 1. The third-order valence-corrected chi connectivity index (χ3v) is 4.18. The molecule has 0 fully saturated rings. The van der Waals surface area contributed by atoms with Gasteiger partial charge in [0.1, 0.15) is 5.82 Å². The predicted molar refractivity (Wildman–Crippen MR) is 62.2 cm³/mol. The molecule has 0 atom stereocenters. The summed E-state index contributed by atoms with van der Waals surface area (Å²) in [5.41, 5.74) is 5.99. The molecule has 0 aliphatic carbocycles. The quantitative estimate of drug-likeness (QED) is 0.864. The highest BCUT2D eigenvalue weighted by Crippen LogP contribution is 2.19. The fourth-order valence-corrected chi connectivity index (χ4v) is 2.07. The number of nitrogens with two attached hydrogens (primary N) is 1. The lowest BCUT2D eigenvalue weighted by molar-refractivity contribution is 0.594. The Balaban J connectivity index is 3.12. The van der Waals surface area contributed by atoms with Gasteiger partial charge in [-0.1, -0.05) is 6.07 Å². The van der Waals surface area contributed by atoms with Crippen molar-refractivity contribution < 1.29 is 12.8 Å². The predicted octanol–water partition coefficient (Wildman–Crippen LogP) is 1.07. The van der Waals surface area contributed by atoms with Crippen LogP contribution in [0.4, 0.5) is 10.1 Å². The Bertz CT molecular complexity index is 474. The van der Waals surface area contributed by atoms with E-state index in [1.807, 2.05) is 0 Å². The molecule has 0 saturated carbocycles. The van der Waals surface area contributed by atoms with E-state index in [2.05, 4.69) is 0 Å². The summed E-state index contributed by atoms with van der Waals surface area (Å²) in [6.07, 6.45) is 0. The molecular formula is C10H15FN2O2S. The third-order valence-electron chi connectivity index (χ3n) is 2.40. The van der Waals surface area contributed by atoms with E-state index in [9.17, 15) is 12.8 Å². The summed E-state index contributed by atoms with van der Waals surface area (Å²) in [7, 11) is -1.95. The minimum absolute atomic E-state index is 0.0240. The number of halogens is 1. The van der Waals surface area contributed by atoms with Gasteiger partial charge in [-0.15, -0.1) is 0 Å². The maximum Gasteiger partial charge on any atom is 0.234 e. The molecule has 1 rings (SSSR count). The lowest BCUT2D eigenvalue weighted by Gasteiger charge is -2.18. The SMILES string of the molecule is CCS(=O)(=O)N(C)c1ccc(CN)c(F)c1. The molecule has 90 valence electrons. The van der Waals surface area contributed by atoms with Gasteiger partial charge in [0.25, 0.3) is 0 Å². The summed E-state index contributed by atoms with van der Waals surface area (Å²) in [4.78, 5) is 0. The van der Waals surface area contributed by atoms with Crippen LogP contribution in [0.5, 0.6) is 0 Å². The zero-order valence-electron chi connectivity index (χ0n) is 9.27. The monoisotopic (exact) mass is 246 g/mol. The van der Waals surface area contributed by atoms with E-state index in [1.54, 1.807) is 6.07 Å². The van der Waals surface area contributed by atoms with Gasteiger partial charge in [0, 0.05) is 19.2 Å². The standard InChI is InChI=1S/C10H15FN2O2S/c1-3-16(14,15)13(2)9-5-4-8(7-12)10(11)6-9/h4-6H,3,7,12H2,1-2H3. The molecule has 0 heterocycles. The highest BCUT2D eigenvalue weighted by atomic mass is 32.2. The van der Waals surface area contributed by atoms with Crippen LogP contribution in [0.1, 0.15) is 12.5 Å². The van der Waals surface area contributed by atoms with Crippen molar-refractivity contribution in [1.29, 1.82) is 0 Å². The van der Waals surface area contributed by atoms with E-state index in [1.165, 1.54) is 26.1 Å². The number of sulfonamides is 1. The first-order chi connectivity index (χ1) is 7.42. The second-order valence-electron chi connectivity index (χ2n) is 3.35. The number of nitrogens with zero attached hydrogens (tertiary/aromatic N) is 1. The molecule has 0 aromatic heterocycles. The highest BCUT2D eigenvalue weighted by molar-refractivity contribution is 7.92. The van der Waals surface area contributed by atoms with E-state index in [4.69, 9.17) is 5.73 Å². The van der Waals surface area contributed by atoms with Crippen molar-refractivity contribution in [1.82, 2.24) is 0 Å². The Hall–Kier alpha value is -1.14. The van der Waals surface area contributed by atoms with Crippen LogP contribution in [0.3, 0.4) is 0 Å². The Kier molecular flexibility index (Phi) is 3.88. The number of rotatable bonds is 4. The molecule has 1 aromatic carbocycles. The van der Waals surface area contributed by atoms with Gasteiger partial charge < -0.3 is 5.73 Å². The first kappa shape index (κ1) is 12.9. The molecule has 0 bridgehead atoms. The minimum Gasteiger partial charge on any atom is -0.326 e. The van der Waals surface area contributed by atoms with E-state index >= 15 is 0 Å². The molecular weight excluding hydrogens is 231 g/mol. The fourth-order valence-electron chi connectivity index (χ4n) is 1.25. The summed E-state index contributed by atoms with van der Waals surface area (Å²) in [6.45, 7) is 1.63. The Labute approximate surface area is 94.9 Å². The smallest absolute Gasteiger partial charge is 0.234 e. The third kappa shape index (κ3) is 2.51. The topological polar surface area (TPSA) is 63.4 Å². The second-order valence-corrected chi connectivity index (χ2v) is 5.64. The van der Waals surface area contributed by atoms with Crippen LogP contribution in [-0.4, -0.2) is 21.2 Å². The minimum atomic E-state index is -3.35. The van der Waals surface area contributed by atoms with Crippen molar-refractivity contribution in [3.63, 3.8) is 0 Å². The molecule has 0 amide bonds. The molecule has 0 spiro atoms. The summed E-state index contributed by atoms with van der Waals surface area (Å²) >= 11 is 0. The van der Waals surface area contributed by atoms with Gasteiger partial charge in [-0.05, 0) is 19.1 Å². The van der Waals surface area contributed by atoms with Crippen molar-refractivity contribution in [2.24, 2.45) is 5.73 Å². The molecule has 6 heteroatoms. The Morgan fingerprint density at radius 1 is 1.44 bits per heavy atom. The van der Waals surface area contributed by atoms with Crippen molar-refractivity contribution >= 4 is 15.7 Å². The largest absolute Gasteiger partial charge is 0.326 e. The van der Waals surface area contributed by atoms with E-state index in [-0.39, 0.29) is 12.3 Å². The van der Waals surface area contributed by atoms with E-state index in [0.717, 1.165) is 4.31 Å². The lowest BCUT2D eigenvalue weighted by atomic mass is 10.2. The molecule has 1 aromatic rings. The normalized spacial score (nSPS) is 11.5. The molecule has 0 aliphatic rings. The van der Waals surface area contributed by atoms with Crippen LogP contribution in [0.25, 0.3) is 0 Å².